The molecular weight excluding hydrogens is 491 g/mol. The van der Waals surface area contributed by atoms with Crippen molar-refractivity contribution in [1.82, 2.24) is 4.72 Å². The molecule has 0 saturated heterocycles. The van der Waals surface area contributed by atoms with Gasteiger partial charge in [0, 0.05) is 5.69 Å². The van der Waals surface area contributed by atoms with E-state index in [9.17, 15) is 8.42 Å². The fraction of sp³-hybridized carbons (Fsp3) is 0.357. The van der Waals surface area contributed by atoms with Gasteiger partial charge in [0.1, 0.15) is 11.6 Å². The maximum Gasteiger partial charge on any atom is 0.242 e. The fourth-order valence-corrected chi connectivity index (χ4v) is 9.17. The van der Waals surface area contributed by atoms with Crippen LogP contribution in [0, 0.1) is 12.3 Å². The molecule has 194 valence electrons. The minimum absolute atomic E-state index is 0.123. The van der Waals surface area contributed by atoms with E-state index >= 15 is 4.57 Å². The molecule has 3 aromatic rings. The summed E-state index contributed by atoms with van der Waals surface area (Å²) in [6.07, 6.45) is 0.215. The summed E-state index contributed by atoms with van der Waals surface area (Å²) < 4.78 is 50.9. The molecule has 0 aliphatic heterocycles. The Balaban J connectivity index is 2.11. The number of sulfonamides is 1. The van der Waals surface area contributed by atoms with Crippen LogP contribution in [0.3, 0.4) is 0 Å². The van der Waals surface area contributed by atoms with Crippen molar-refractivity contribution in [2.45, 2.75) is 57.5 Å². The molecule has 3 aromatic carbocycles. The average molecular weight is 529 g/mol. The Hall–Kier alpha value is -2.44. The summed E-state index contributed by atoms with van der Waals surface area (Å²) >= 11 is 0. The van der Waals surface area contributed by atoms with E-state index in [1.165, 1.54) is 0 Å². The molecule has 0 fully saturated rings. The third-order valence-corrected chi connectivity index (χ3v) is 11.0. The second-order valence-electron chi connectivity index (χ2n) is 9.98. The van der Waals surface area contributed by atoms with E-state index < -0.39 is 34.4 Å². The molecule has 0 heterocycles. The standard InChI is InChI=1S/C28H37N2O4PS/c1-6-34-35(31,27(28(3,4)5)29-24-15-11-8-12-16-24)26(21-23-13-9-7-10-14-23)30-36(32,33)25-19-17-22(2)18-20-25/h7-20,26-27,29-30H,6,21H2,1-5H3/t26-,27+,35?/m1/s1. The van der Waals surface area contributed by atoms with Crippen molar-refractivity contribution in [2.75, 3.05) is 11.9 Å². The predicted molar refractivity (Wildman–Crippen MR) is 148 cm³/mol. The lowest BCUT2D eigenvalue weighted by atomic mass is 9.96. The van der Waals surface area contributed by atoms with E-state index in [1.54, 1.807) is 31.2 Å². The van der Waals surface area contributed by atoms with Gasteiger partial charge in [0.25, 0.3) is 0 Å². The monoisotopic (exact) mass is 528 g/mol. The number of hydrogen-bond donors (Lipinski definition) is 2. The first-order valence-electron chi connectivity index (χ1n) is 12.1. The molecule has 6 nitrogen and oxygen atoms in total. The molecule has 0 bridgehead atoms. The summed E-state index contributed by atoms with van der Waals surface area (Å²) in [5.41, 5.74) is 2.08. The lowest BCUT2D eigenvalue weighted by molar-refractivity contribution is 0.288. The zero-order valence-corrected chi connectivity index (χ0v) is 23.4. The largest absolute Gasteiger partial charge is 0.373 e. The zero-order chi connectivity index (χ0) is 26.4. The number of aryl methyl sites for hydroxylation is 1. The summed E-state index contributed by atoms with van der Waals surface area (Å²) in [6.45, 7) is 9.79. The lowest BCUT2D eigenvalue weighted by Crippen LogP contribution is -2.45. The van der Waals surface area contributed by atoms with Crippen molar-refractivity contribution in [3.63, 3.8) is 0 Å². The van der Waals surface area contributed by atoms with Crippen LogP contribution in [-0.4, -0.2) is 26.6 Å². The van der Waals surface area contributed by atoms with Crippen LogP contribution in [0.5, 0.6) is 0 Å². The average Bonchev–Trinajstić information content (AvgIpc) is 2.83. The van der Waals surface area contributed by atoms with Crippen molar-refractivity contribution in [2.24, 2.45) is 5.41 Å². The van der Waals surface area contributed by atoms with Gasteiger partial charge in [0.2, 0.25) is 17.4 Å². The van der Waals surface area contributed by atoms with Gasteiger partial charge in [-0.05, 0) is 55.5 Å². The molecule has 36 heavy (non-hydrogen) atoms. The Morgan fingerprint density at radius 1 is 0.889 bits per heavy atom. The number of nitrogens with one attached hydrogen (secondary N) is 2. The molecule has 0 spiro atoms. The van der Waals surface area contributed by atoms with E-state index in [2.05, 4.69) is 10.0 Å². The van der Waals surface area contributed by atoms with Gasteiger partial charge < -0.3 is 9.84 Å². The molecule has 2 N–H and O–H groups in total. The smallest absolute Gasteiger partial charge is 0.242 e. The van der Waals surface area contributed by atoms with E-state index in [1.807, 2.05) is 88.4 Å². The fourth-order valence-electron chi connectivity index (χ4n) is 4.13. The molecule has 0 saturated carbocycles. The number of benzene rings is 3. The van der Waals surface area contributed by atoms with Crippen LogP contribution in [0.1, 0.15) is 38.8 Å². The van der Waals surface area contributed by atoms with Crippen molar-refractivity contribution < 1.29 is 17.5 Å². The maximum absolute atomic E-state index is 15.0. The number of hydrogen-bond acceptors (Lipinski definition) is 5. The molecule has 0 aliphatic rings. The van der Waals surface area contributed by atoms with Gasteiger partial charge in [-0.25, -0.2) is 8.42 Å². The van der Waals surface area contributed by atoms with E-state index in [0.717, 1.165) is 16.8 Å². The second kappa shape index (κ2) is 11.7. The summed E-state index contributed by atoms with van der Waals surface area (Å²) in [6, 6.07) is 25.6. The highest BCUT2D eigenvalue weighted by atomic mass is 32.2. The van der Waals surface area contributed by atoms with E-state index in [4.69, 9.17) is 4.52 Å². The van der Waals surface area contributed by atoms with Gasteiger partial charge in [-0.15, -0.1) is 0 Å². The summed E-state index contributed by atoms with van der Waals surface area (Å²) in [4.78, 5) is 0.123. The van der Waals surface area contributed by atoms with Crippen molar-refractivity contribution >= 4 is 23.1 Å². The van der Waals surface area contributed by atoms with Crippen LogP contribution in [0.4, 0.5) is 5.69 Å². The molecule has 3 rings (SSSR count). The van der Waals surface area contributed by atoms with Gasteiger partial charge in [-0.2, -0.15) is 4.72 Å². The first-order chi connectivity index (χ1) is 17.0. The first-order valence-corrected chi connectivity index (χ1v) is 15.4. The van der Waals surface area contributed by atoms with Crippen LogP contribution in [0.2, 0.25) is 0 Å². The molecule has 0 aliphatic carbocycles. The Labute approximate surface area is 216 Å². The van der Waals surface area contributed by atoms with E-state index in [0.29, 0.717) is 0 Å². The Kier molecular flexibility index (Phi) is 9.18. The van der Waals surface area contributed by atoms with Crippen molar-refractivity contribution in [3.05, 3.63) is 96.1 Å². The Morgan fingerprint density at radius 2 is 1.44 bits per heavy atom. The zero-order valence-electron chi connectivity index (χ0n) is 21.6. The third-order valence-electron chi connectivity index (χ3n) is 5.92. The first kappa shape index (κ1) is 28.1. The SMILES string of the molecule is CCOP(=O)([C@H](Cc1ccccc1)NS(=O)(=O)c1ccc(C)cc1)[C@H](Nc1ccccc1)C(C)(C)C. The highest BCUT2D eigenvalue weighted by Crippen LogP contribution is 2.61. The predicted octanol–water partition coefficient (Wildman–Crippen LogP) is 6.64. The van der Waals surface area contributed by atoms with Gasteiger partial charge >= 0.3 is 0 Å². The molecule has 1 unspecified atom stereocenters. The van der Waals surface area contributed by atoms with Gasteiger partial charge in [-0.3, -0.25) is 4.57 Å². The molecule has 0 radical (unpaired) electrons. The van der Waals surface area contributed by atoms with Crippen molar-refractivity contribution in [1.29, 1.82) is 0 Å². The minimum Gasteiger partial charge on any atom is -0.373 e. The minimum atomic E-state index is -3.98. The van der Waals surface area contributed by atoms with Crippen LogP contribution >= 0.6 is 7.37 Å². The van der Waals surface area contributed by atoms with Crippen LogP contribution in [0.15, 0.2) is 89.8 Å². The number of rotatable bonds is 11. The van der Waals surface area contributed by atoms with Crippen LogP contribution in [-0.2, 0) is 25.5 Å². The highest BCUT2D eigenvalue weighted by molar-refractivity contribution is 7.90. The molecular formula is C28H37N2O4PS. The summed E-state index contributed by atoms with van der Waals surface area (Å²) in [7, 11) is -7.70. The summed E-state index contributed by atoms with van der Waals surface area (Å²) in [5, 5.41) is 3.42. The highest BCUT2D eigenvalue weighted by Gasteiger charge is 2.49. The normalized spacial score (nSPS) is 15.6. The van der Waals surface area contributed by atoms with Gasteiger partial charge in [0.15, 0.2) is 0 Å². The van der Waals surface area contributed by atoms with Crippen molar-refractivity contribution in [3.8, 4) is 0 Å². The van der Waals surface area contributed by atoms with Gasteiger partial charge in [0.05, 0.1) is 11.5 Å². The molecule has 8 heteroatoms. The maximum atomic E-state index is 15.0. The molecule has 0 amide bonds. The summed E-state index contributed by atoms with van der Waals surface area (Å²) in [5.74, 6) is -1.66. The Bertz CT molecular complexity index is 1260. The number of anilines is 1. The Morgan fingerprint density at radius 3 is 1.97 bits per heavy atom. The van der Waals surface area contributed by atoms with E-state index in [-0.39, 0.29) is 17.9 Å². The topological polar surface area (TPSA) is 84.5 Å². The van der Waals surface area contributed by atoms with Crippen LogP contribution in [0.25, 0.3) is 0 Å². The molecule has 3 atom stereocenters. The van der Waals surface area contributed by atoms with Crippen LogP contribution < -0.4 is 10.0 Å². The number of para-hydroxylation sites is 1. The second-order valence-corrected chi connectivity index (χ2v) is 14.4. The quantitative estimate of drug-likeness (QED) is 0.273. The van der Waals surface area contributed by atoms with Gasteiger partial charge in [-0.1, -0.05) is 87.0 Å². The molecule has 0 aromatic heterocycles. The third kappa shape index (κ3) is 7.07. The lowest BCUT2D eigenvalue weighted by Gasteiger charge is -2.41.